The Hall–Kier alpha value is 0.951. The zero-order valence-corrected chi connectivity index (χ0v) is 22.1. The van der Waals surface area contributed by atoms with Crippen LogP contribution in [0.1, 0.15) is 151 Å². The third-order valence-corrected chi connectivity index (χ3v) is 5.49. The van der Waals surface area contributed by atoms with Gasteiger partial charge in [0.2, 0.25) is 0 Å². The minimum absolute atomic E-state index is 0. The number of carboxylic acid groups (broad SMARTS) is 1. The van der Waals surface area contributed by atoms with E-state index in [1.54, 1.807) is 0 Å². The van der Waals surface area contributed by atoms with E-state index in [9.17, 15) is 4.79 Å². The largest absolute Gasteiger partial charge is 2.00 e. The molecule has 0 heterocycles. The Morgan fingerprint density at radius 2 is 0.741 bits per heavy atom. The first-order valence-electron chi connectivity index (χ1n) is 12.0. The Bertz CT molecular complexity index is 292. The van der Waals surface area contributed by atoms with Crippen molar-refractivity contribution < 1.29 is 12.8 Å². The van der Waals surface area contributed by atoms with Crippen molar-refractivity contribution >= 4 is 51.5 Å². The van der Waals surface area contributed by atoms with Crippen molar-refractivity contribution in [1.82, 2.24) is 0 Å². The van der Waals surface area contributed by atoms with Crippen molar-refractivity contribution in [3.05, 3.63) is 0 Å². The van der Waals surface area contributed by atoms with Gasteiger partial charge in [0.15, 0.2) is 0 Å². The molecular formula is C24H50O2Sr. The van der Waals surface area contributed by atoms with Gasteiger partial charge in [-0.05, 0) is 6.42 Å². The molecule has 2 nitrogen and oxygen atoms in total. The summed E-state index contributed by atoms with van der Waals surface area (Å²) in [5.74, 6) is -0.650. The fourth-order valence-corrected chi connectivity index (χ4v) is 3.71. The van der Waals surface area contributed by atoms with Gasteiger partial charge in [0, 0.05) is 6.42 Å². The molecule has 0 aliphatic heterocycles. The molecular weight excluding hydrogens is 408 g/mol. The summed E-state index contributed by atoms with van der Waals surface area (Å²) < 4.78 is 0. The van der Waals surface area contributed by atoms with Gasteiger partial charge in [-0.3, -0.25) is 4.79 Å². The van der Waals surface area contributed by atoms with Gasteiger partial charge in [0.05, 0.1) is 0 Å². The average Bonchev–Trinajstić information content (AvgIpc) is 2.62. The topological polar surface area (TPSA) is 37.3 Å². The Labute approximate surface area is 210 Å². The number of unbranched alkanes of at least 4 members (excludes halogenated alkanes) is 20. The van der Waals surface area contributed by atoms with E-state index in [4.69, 9.17) is 5.11 Å². The summed E-state index contributed by atoms with van der Waals surface area (Å²) in [6.45, 7) is 2.29. The van der Waals surface area contributed by atoms with Gasteiger partial charge in [0.25, 0.3) is 0 Å². The normalized spacial score (nSPS) is 10.7. The summed E-state index contributed by atoms with van der Waals surface area (Å²) in [4.78, 5) is 10.4. The first-order chi connectivity index (χ1) is 12.8. The summed E-state index contributed by atoms with van der Waals surface area (Å²) in [7, 11) is 0. The number of aliphatic carboxylic acids is 1. The van der Waals surface area contributed by atoms with E-state index in [1.165, 1.54) is 122 Å². The molecule has 0 amide bonds. The van der Waals surface area contributed by atoms with Crippen molar-refractivity contribution in [3.8, 4) is 0 Å². The molecule has 0 aliphatic rings. The number of carboxylic acids is 1. The van der Waals surface area contributed by atoms with Gasteiger partial charge in [-0.15, -0.1) is 0 Å². The second kappa shape index (κ2) is 27.0. The minimum atomic E-state index is -0.650. The molecule has 27 heavy (non-hydrogen) atoms. The monoisotopic (exact) mass is 458 g/mol. The maximum absolute atomic E-state index is 10.4. The quantitative estimate of drug-likeness (QED) is 0.130. The minimum Gasteiger partial charge on any atom is -1.00 e. The fraction of sp³-hybridized carbons (Fsp3) is 0.958. The summed E-state index contributed by atoms with van der Waals surface area (Å²) in [5, 5.41) is 8.57. The van der Waals surface area contributed by atoms with Crippen LogP contribution in [0.3, 0.4) is 0 Å². The van der Waals surface area contributed by atoms with E-state index >= 15 is 0 Å². The summed E-state index contributed by atoms with van der Waals surface area (Å²) in [6, 6.07) is 0. The summed E-state index contributed by atoms with van der Waals surface area (Å²) in [6.07, 6.45) is 29.1. The van der Waals surface area contributed by atoms with E-state index in [0.29, 0.717) is 6.42 Å². The second-order valence-electron chi connectivity index (χ2n) is 8.21. The molecule has 0 rings (SSSR count). The first kappa shape index (κ1) is 30.1. The van der Waals surface area contributed by atoms with Crippen LogP contribution < -0.4 is 0 Å². The molecule has 0 saturated carbocycles. The van der Waals surface area contributed by atoms with Crippen LogP contribution in [-0.4, -0.2) is 56.6 Å². The van der Waals surface area contributed by atoms with Crippen LogP contribution in [0.2, 0.25) is 0 Å². The van der Waals surface area contributed by atoms with E-state index in [2.05, 4.69) is 6.92 Å². The molecule has 3 heteroatoms. The zero-order chi connectivity index (χ0) is 19.1. The molecule has 160 valence electrons. The maximum atomic E-state index is 10.4. The van der Waals surface area contributed by atoms with Crippen LogP contribution in [0.5, 0.6) is 0 Å². The van der Waals surface area contributed by atoms with Gasteiger partial charge < -0.3 is 7.96 Å². The molecule has 0 bridgehead atoms. The van der Waals surface area contributed by atoms with Gasteiger partial charge in [-0.1, -0.05) is 135 Å². The summed E-state index contributed by atoms with van der Waals surface area (Å²) >= 11 is 0. The number of rotatable bonds is 22. The molecule has 0 aliphatic carbocycles. The molecule has 0 aromatic carbocycles. The predicted octanol–water partition coefficient (Wildman–Crippen LogP) is 8.52. The Morgan fingerprint density at radius 3 is 0.963 bits per heavy atom. The number of carbonyl (C=O) groups is 1. The van der Waals surface area contributed by atoms with Crippen molar-refractivity contribution in [2.24, 2.45) is 0 Å². The van der Waals surface area contributed by atoms with Gasteiger partial charge in [-0.2, -0.15) is 0 Å². The zero-order valence-electron chi connectivity index (χ0n) is 20.6. The van der Waals surface area contributed by atoms with Crippen molar-refractivity contribution in [3.63, 3.8) is 0 Å². The molecule has 0 aromatic rings. The number of hydrogen-bond donors (Lipinski definition) is 1. The predicted molar refractivity (Wildman–Crippen MR) is 123 cm³/mol. The van der Waals surface area contributed by atoms with Gasteiger partial charge in [-0.25, -0.2) is 0 Å². The number of hydrogen-bond acceptors (Lipinski definition) is 1. The van der Waals surface area contributed by atoms with Crippen molar-refractivity contribution in [2.45, 2.75) is 148 Å². The third kappa shape index (κ3) is 29.2. The van der Waals surface area contributed by atoms with E-state index in [-0.39, 0.29) is 48.3 Å². The van der Waals surface area contributed by atoms with Crippen molar-refractivity contribution in [1.29, 1.82) is 0 Å². The standard InChI is InChI=1S/C24H48O2.Sr.2H/c1-2-3-4-5-6-7-8-9-10-11-12-13-14-15-16-17-18-19-20-21-22-23-24(25)26;;;/h2-23H2,1H3,(H,25,26);;;/q;+2;2*-1. The molecule has 0 unspecified atom stereocenters. The summed E-state index contributed by atoms with van der Waals surface area (Å²) in [5.41, 5.74) is 0. The smallest absolute Gasteiger partial charge is 1.00 e. The van der Waals surface area contributed by atoms with Crippen LogP contribution in [0, 0.1) is 0 Å². The van der Waals surface area contributed by atoms with Crippen LogP contribution in [0.25, 0.3) is 0 Å². The Balaban J connectivity index is -0.00000104. The first-order valence-corrected chi connectivity index (χ1v) is 12.0. The second-order valence-corrected chi connectivity index (χ2v) is 8.21. The SMILES string of the molecule is CCCCCCCCCCCCCCCCCCCCCCCC(=O)O.[H-].[H-].[Sr+2]. The molecule has 1 N–H and O–H groups in total. The maximum Gasteiger partial charge on any atom is 2.00 e. The Morgan fingerprint density at radius 1 is 0.519 bits per heavy atom. The van der Waals surface area contributed by atoms with Crippen LogP contribution in [0.15, 0.2) is 0 Å². The van der Waals surface area contributed by atoms with Crippen molar-refractivity contribution in [2.75, 3.05) is 0 Å². The molecule has 0 spiro atoms. The van der Waals surface area contributed by atoms with Crippen LogP contribution in [-0.2, 0) is 4.79 Å². The van der Waals surface area contributed by atoms with Gasteiger partial charge in [0.1, 0.15) is 0 Å². The Kier molecular flexibility index (Phi) is 30.1. The molecule has 0 aromatic heterocycles. The van der Waals surface area contributed by atoms with E-state index < -0.39 is 5.97 Å². The van der Waals surface area contributed by atoms with Crippen LogP contribution >= 0.6 is 0 Å². The van der Waals surface area contributed by atoms with Gasteiger partial charge >= 0.3 is 51.5 Å². The third-order valence-electron chi connectivity index (χ3n) is 5.49. The molecule has 0 radical (unpaired) electrons. The average molecular weight is 458 g/mol. The fourth-order valence-electron chi connectivity index (χ4n) is 3.71. The molecule has 0 atom stereocenters. The molecule has 0 saturated heterocycles. The van der Waals surface area contributed by atoms with Crippen LogP contribution in [0.4, 0.5) is 0 Å². The van der Waals surface area contributed by atoms with E-state index in [0.717, 1.165) is 12.8 Å². The molecule has 0 fully saturated rings. The van der Waals surface area contributed by atoms with E-state index in [1.807, 2.05) is 0 Å².